The molecule has 1 atom stereocenters. The lowest BCUT2D eigenvalue weighted by Gasteiger charge is -2.22. The summed E-state index contributed by atoms with van der Waals surface area (Å²) in [5.74, 6) is 3.99. The van der Waals surface area contributed by atoms with Gasteiger partial charge in [-0.3, -0.25) is 4.79 Å². The molecule has 9 heteroatoms. The van der Waals surface area contributed by atoms with Crippen LogP contribution in [0.4, 0.5) is 5.69 Å². The molecule has 1 saturated heterocycles. The van der Waals surface area contributed by atoms with E-state index in [0.29, 0.717) is 23.8 Å². The third kappa shape index (κ3) is 3.83. The normalized spacial score (nSPS) is 20.0. The maximum Gasteiger partial charge on any atom is 0.225 e. The molecular formula is C17H22N6O2S. The van der Waals surface area contributed by atoms with E-state index in [0.717, 1.165) is 42.4 Å². The van der Waals surface area contributed by atoms with Crippen molar-refractivity contribution in [3.63, 3.8) is 0 Å². The monoisotopic (exact) mass is 374 g/mol. The van der Waals surface area contributed by atoms with Crippen LogP contribution < -0.4 is 15.4 Å². The molecule has 8 nitrogen and oxygen atoms in total. The van der Waals surface area contributed by atoms with Crippen molar-refractivity contribution >= 4 is 23.4 Å². The number of carbonyl (C=O) groups excluding carboxylic acids is 1. The fourth-order valence-electron chi connectivity index (χ4n) is 3.08. The Morgan fingerprint density at radius 2 is 2.35 bits per heavy atom. The molecule has 26 heavy (non-hydrogen) atoms. The second-order valence-electron chi connectivity index (χ2n) is 6.59. The number of rotatable bonds is 6. The quantitative estimate of drug-likeness (QED) is 0.793. The smallest absolute Gasteiger partial charge is 0.225 e. The number of ether oxygens (including phenoxy) is 1. The zero-order valence-electron chi connectivity index (χ0n) is 14.6. The number of benzene rings is 1. The van der Waals surface area contributed by atoms with Crippen molar-refractivity contribution in [3.05, 3.63) is 24.0 Å². The third-order valence-corrected chi connectivity index (χ3v) is 5.69. The van der Waals surface area contributed by atoms with E-state index in [1.54, 1.807) is 11.8 Å². The number of aromatic nitrogens is 4. The highest BCUT2D eigenvalue weighted by molar-refractivity contribution is 7.99. The van der Waals surface area contributed by atoms with Crippen LogP contribution >= 0.6 is 11.8 Å². The summed E-state index contributed by atoms with van der Waals surface area (Å²) in [6, 6.07) is 5.76. The molecule has 1 unspecified atom stereocenters. The number of thioether (sulfide) groups is 1. The van der Waals surface area contributed by atoms with Crippen molar-refractivity contribution in [1.29, 1.82) is 0 Å². The molecule has 1 amide bonds. The Morgan fingerprint density at radius 1 is 1.46 bits per heavy atom. The standard InChI is InChI=1S/C17H22N6O2S/c1-25-15-5-4-12(19-16(24)9-13-10-26-7-6-18-13)8-14(15)23-17(11-2-3-11)20-21-22-23/h4-5,8,11,13,18H,2-3,6-7,9-10H2,1H3,(H,19,24). The summed E-state index contributed by atoms with van der Waals surface area (Å²) in [7, 11) is 1.62. The number of amides is 1. The van der Waals surface area contributed by atoms with Crippen LogP contribution in [-0.4, -0.2) is 57.3 Å². The largest absolute Gasteiger partial charge is 0.494 e. The summed E-state index contributed by atoms with van der Waals surface area (Å²) < 4.78 is 7.18. The van der Waals surface area contributed by atoms with E-state index in [9.17, 15) is 4.79 Å². The molecular weight excluding hydrogens is 352 g/mol. The summed E-state index contributed by atoms with van der Waals surface area (Å²) >= 11 is 1.88. The van der Waals surface area contributed by atoms with Crippen LogP contribution in [0, 0.1) is 0 Å². The van der Waals surface area contributed by atoms with Gasteiger partial charge in [-0.15, -0.1) is 5.10 Å². The van der Waals surface area contributed by atoms with Gasteiger partial charge in [0, 0.05) is 42.1 Å². The first kappa shape index (κ1) is 17.3. The lowest BCUT2D eigenvalue weighted by molar-refractivity contribution is -0.116. The lowest BCUT2D eigenvalue weighted by Crippen LogP contribution is -2.39. The van der Waals surface area contributed by atoms with Gasteiger partial charge in [0.05, 0.1) is 7.11 Å². The number of nitrogens with zero attached hydrogens (tertiary/aromatic N) is 4. The maximum atomic E-state index is 12.4. The number of anilines is 1. The molecule has 1 aliphatic heterocycles. The van der Waals surface area contributed by atoms with Crippen LogP contribution in [0.25, 0.3) is 5.69 Å². The number of hydrogen-bond donors (Lipinski definition) is 2. The van der Waals surface area contributed by atoms with Gasteiger partial charge in [0.2, 0.25) is 5.91 Å². The van der Waals surface area contributed by atoms with Crippen molar-refractivity contribution in [3.8, 4) is 11.4 Å². The van der Waals surface area contributed by atoms with Gasteiger partial charge < -0.3 is 15.4 Å². The van der Waals surface area contributed by atoms with Crippen molar-refractivity contribution in [2.24, 2.45) is 0 Å². The van der Waals surface area contributed by atoms with E-state index in [1.807, 2.05) is 30.0 Å². The minimum absolute atomic E-state index is 0.000230. The number of hydrogen-bond acceptors (Lipinski definition) is 7. The van der Waals surface area contributed by atoms with E-state index in [2.05, 4.69) is 26.2 Å². The van der Waals surface area contributed by atoms with Gasteiger partial charge in [-0.25, -0.2) is 0 Å². The molecule has 2 N–H and O–H groups in total. The molecule has 2 fully saturated rings. The first-order valence-corrected chi connectivity index (χ1v) is 9.97. The van der Waals surface area contributed by atoms with Gasteiger partial charge in [0.25, 0.3) is 0 Å². The Kier molecular flexibility index (Phi) is 5.07. The summed E-state index contributed by atoms with van der Waals surface area (Å²) in [5, 5.41) is 18.4. The molecule has 1 aliphatic carbocycles. The first-order valence-electron chi connectivity index (χ1n) is 8.82. The Bertz CT molecular complexity index is 785. The average molecular weight is 374 g/mol. The topological polar surface area (TPSA) is 94.0 Å². The van der Waals surface area contributed by atoms with Gasteiger partial charge >= 0.3 is 0 Å². The van der Waals surface area contributed by atoms with Crippen molar-refractivity contribution in [2.75, 3.05) is 30.5 Å². The van der Waals surface area contributed by atoms with Crippen LogP contribution in [0.15, 0.2) is 18.2 Å². The molecule has 138 valence electrons. The van der Waals surface area contributed by atoms with Gasteiger partial charge in [-0.05, 0) is 41.5 Å². The molecule has 0 radical (unpaired) electrons. The Balaban J connectivity index is 1.52. The molecule has 2 heterocycles. The number of methoxy groups -OCH3 is 1. The molecule has 1 saturated carbocycles. The van der Waals surface area contributed by atoms with E-state index in [1.165, 1.54) is 0 Å². The molecule has 1 aromatic carbocycles. The molecule has 0 spiro atoms. The average Bonchev–Trinajstić information content (AvgIpc) is 3.39. The van der Waals surface area contributed by atoms with Crippen molar-refractivity contribution in [1.82, 2.24) is 25.5 Å². The minimum atomic E-state index is 0.000230. The summed E-state index contributed by atoms with van der Waals surface area (Å²) in [4.78, 5) is 12.4. The fourth-order valence-corrected chi connectivity index (χ4v) is 4.03. The Labute approximate surface area is 156 Å². The molecule has 4 rings (SSSR count). The Hall–Kier alpha value is -2.13. The SMILES string of the molecule is COc1ccc(NC(=O)CC2CSCCN2)cc1-n1nnnc1C1CC1. The highest BCUT2D eigenvalue weighted by Crippen LogP contribution is 2.40. The summed E-state index contributed by atoms with van der Waals surface area (Å²) in [6.07, 6.45) is 2.67. The van der Waals surface area contributed by atoms with Gasteiger partial charge in [0.1, 0.15) is 11.4 Å². The fraction of sp³-hybridized carbons (Fsp3) is 0.529. The Morgan fingerprint density at radius 3 is 3.08 bits per heavy atom. The van der Waals surface area contributed by atoms with Crippen LogP contribution in [0.1, 0.15) is 31.0 Å². The number of carbonyl (C=O) groups is 1. The second-order valence-corrected chi connectivity index (χ2v) is 7.74. The van der Waals surface area contributed by atoms with Gasteiger partial charge in [-0.2, -0.15) is 16.4 Å². The number of tetrazole rings is 1. The predicted molar refractivity (Wildman–Crippen MR) is 100 cm³/mol. The van der Waals surface area contributed by atoms with Crippen LogP contribution in [0.5, 0.6) is 5.75 Å². The van der Waals surface area contributed by atoms with Crippen LogP contribution in [0.3, 0.4) is 0 Å². The summed E-state index contributed by atoms with van der Waals surface area (Å²) in [6.45, 7) is 0.957. The minimum Gasteiger partial charge on any atom is -0.494 e. The highest BCUT2D eigenvalue weighted by Gasteiger charge is 2.30. The third-order valence-electron chi connectivity index (χ3n) is 4.56. The van der Waals surface area contributed by atoms with E-state index < -0.39 is 0 Å². The summed E-state index contributed by atoms with van der Waals surface area (Å²) in [5.41, 5.74) is 1.45. The maximum absolute atomic E-state index is 12.4. The number of nitrogens with one attached hydrogen (secondary N) is 2. The van der Waals surface area contributed by atoms with E-state index in [4.69, 9.17) is 4.74 Å². The van der Waals surface area contributed by atoms with E-state index in [-0.39, 0.29) is 11.9 Å². The van der Waals surface area contributed by atoms with E-state index >= 15 is 0 Å². The first-order chi connectivity index (χ1) is 12.7. The van der Waals surface area contributed by atoms with Crippen LogP contribution in [-0.2, 0) is 4.79 Å². The molecule has 0 bridgehead atoms. The van der Waals surface area contributed by atoms with Gasteiger partial charge in [0.15, 0.2) is 5.82 Å². The zero-order chi connectivity index (χ0) is 17.9. The predicted octanol–water partition coefficient (Wildman–Crippen LogP) is 1.58. The van der Waals surface area contributed by atoms with Crippen molar-refractivity contribution < 1.29 is 9.53 Å². The molecule has 1 aromatic heterocycles. The van der Waals surface area contributed by atoms with Gasteiger partial charge in [-0.1, -0.05) is 0 Å². The van der Waals surface area contributed by atoms with Crippen molar-refractivity contribution in [2.45, 2.75) is 31.2 Å². The van der Waals surface area contributed by atoms with Crippen LogP contribution in [0.2, 0.25) is 0 Å². The highest BCUT2D eigenvalue weighted by atomic mass is 32.2. The molecule has 2 aromatic rings. The second kappa shape index (κ2) is 7.63. The lowest BCUT2D eigenvalue weighted by atomic mass is 10.2. The molecule has 2 aliphatic rings. The zero-order valence-corrected chi connectivity index (χ0v) is 15.5.